The third-order valence-electron chi connectivity index (χ3n) is 6.27. The van der Waals surface area contributed by atoms with Crippen LogP contribution in [0, 0.1) is 0 Å². The second-order valence-electron chi connectivity index (χ2n) is 8.83. The second-order valence-corrected chi connectivity index (χ2v) is 10.2. The molecule has 6 rings (SSSR count). The summed E-state index contributed by atoms with van der Waals surface area (Å²) in [6.07, 6.45) is 0. The highest BCUT2D eigenvalue weighted by Gasteiger charge is 2.21. The molecule has 1 aliphatic heterocycles. The SMILES string of the molecule is O=S(=O)([O-])c1ccccc1-c1c2ccc(=[NH+]c3ccccc3)cc-2oc2cc(Nc3ccccc3)ccc12. The van der Waals surface area contributed by atoms with Gasteiger partial charge in [-0.2, -0.15) is 0 Å². The van der Waals surface area contributed by atoms with Crippen LogP contribution in [-0.4, -0.2) is 13.0 Å². The molecule has 2 aliphatic rings. The molecule has 186 valence electrons. The molecule has 7 heteroatoms. The van der Waals surface area contributed by atoms with Crippen LogP contribution in [-0.2, 0) is 10.1 Å². The van der Waals surface area contributed by atoms with Crippen molar-refractivity contribution in [3.05, 3.63) is 127 Å². The van der Waals surface area contributed by atoms with Crippen molar-refractivity contribution in [3.63, 3.8) is 0 Å². The molecule has 0 unspecified atom stereocenters. The summed E-state index contributed by atoms with van der Waals surface area (Å²) in [4.78, 5) is 3.09. The lowest BCUT2D eigenvalue weighted by molar-refractivity contribution is -0.402. The zero-order valence-electron chi connectivity index (χ0n) is 20.1. The Morgan fingerprint density at radius 1 is 0.684 bits per heavy atom. The quantitative estimate of drug-likeness (QED) is 0.243. The summed E-state index contributed by atoms with van der Waals surface area (Å²) < 4.78 is 43.0. The zero-order chi connectivity index (χ0) is 26.1. The average molecular weight is 519 g/mol. The Balaban J connectivity index is 1.62. The molecule has 0 saturated carbocycles. The summed E-state index contributed by atoms with van der Waals surface area (Å²) in [6.45, 7) is 0. The fourth-order valence-electron chi connectivity index (χ4n) is 4.60. The van der Waals surface area contributed by atoms with E-state index < -0.39 is 10.1 Å². The van der Waals surface area contributed by atoms with Crippen molar-refractivity contribution in [2.45, 2.75) is 4.90 Å². The molecule has 1 aliphatic carbocycles. The summed E-state index contributed by atoms with van der Waals surface area (Å²) in [7, 11) is -4.72. The van der Waals surface area contributed by atoms with Gasteiger partial charge in [-0.1, -0.05) is 54.6 Å². The normalized spacial score (nSPS) is 12.2. The van der Waals surface area contributed by atoms with Gasteiger partial charge in [-0.05, 0) is 36.4 Å². The maximum absolute atomic E-state index is 12.2. The maximum atomic E-state index is 12.2. The minimum absolute atomic E-state index is 0.272. The third kappa shape index (κ3) is 4.68. The van der Waals surface area contributed by atoms with Gasteiger partial charge in [0.05, 0.1) is 11.0 Å². The first-order chi connectivity index (χ1) is 18.5. The van der Waals surface area contributed by atoms with Crippen LogP contribution in [0.3, 0.4) is 0 Å². The van der Waals surface area contributed by atoms with Gasteiger partial charge in [-0.15, -0.1) is 0 Å². The molecule has 0 amide bonds. The lowest BCUT2D eigenvalue weighted by Gasteiger charge is -2.19. The van der Waals surface area contributed by atoms with Gasteiger partial charge in [-0.25, -0.2) is 13.4 Å². The summed E-state index contributed by atoms with van der Waals surface area (Å²) in [6, 6.07) is 37.1. The minimum Gasteiger partial charge on any atom is -0.744 e. The second kappa shape index (κ2) is 9.63. The molecule has 0 bridgehead atoms. The first-order valence-corrected chi connectivity index (χ1v) is 13.4. The standard InChI is InChI=1S/C31H22N2O4S/c34-38(35,36)30-14-8-7-13-27(30)31-25-17-15-23(32-21-9-3-1-4-10-21)19-28(25)37-29-20-24(16-18-26(29)31)33-22-11-5-2-6-12-22/h1-20,32H,(H,34,35,36). The monoisotopic (exact) mass is 518 g/mol. The van der Waals surface area contributed by atoms with Gasteiger partial charge in [0.15, 0.2) is 0 Å². The third-order valence-corrected chi connectivity index (χ3v) is 7.17. The number of hydrogen-bond donors (Lipinski definition) is 2. The highest BCUT2D eigenvalue weighted by atomic mass is 32.2. The van der Waals surface area contributed by atoms with Crippen LogP contribution in [0.5, 0.6) is 0 Å². The van der Waals surface area contributed by atoms with E-state index in [0.717, 1.165) is 22.4 Å². The number of anilines is 2. The van der Waals surface area contributed by atoms with Crippen molar-refractivity contribution in [1.82, 2.24) is 0 Å². The molecule has 4 aromatic rings. The predicted molar refractivity (Wildman–Crippen MR) is 146 cm³/mol. The van der Waals surface area contributed by atoms with Gasteiger partial charge in [0, 0.05) is 57.7 Å². The van der Waals surface area contributed by atoms with E-state index in [4.69, 9.17) is 4.42 Å². The summed E-state index contributed by atoms with van der Waals surface area (Å²) in [5.41, 5.74) is 4.84. The smallest absolute Gasteiger partial charge is 0.207 e. The molecule has 1 heterocycles. The highest BCUT2D eigenvalue weighted by Crippen LogP contribution is 2.42. The van der Waals surface area contributed by atoms with Crippen LogP contribution >= 0.6 is 0 Å². The van der Waals surface area contributed by atoms with Crippen LogP contribution in [0.2, 0.25) is 0 Å². The molecule has 6 nitrogen and oxygen atoms in total. The molecule has 0 atom stereocenters. The van der Waals surface area contributed by atoms with E-state index >= 15 is 0 Å². The van der Waals surface area contributed by atoms with Crippen molar-refractivity contribution in [2.24, 2.45) is 0 Å². The van der Waals surface area contributed by atoms with Crippen molar-refractivity contribution >= 4 is 38.1 Å². The number of benzene rings is 5. The van der Waals surface area contributed by atoms with Crippen molar-refractivity contribution in [2.75, 3.05) is 5.32 Å². The number of nitrogens with one attached hydrogen (secondary N) is 2. The number of hydrogen-bond acceptors (Lipinski definition) is 5. The fourth-order valence-corrected chi connectivity index (χ4v) is 5.29. The Morgan fingerprint density at radius 2 is 1.39 bits per heavy atom. The van der Waals surface area contributed by atoms with Gasteiger partial charge in [-0.3, -0.25) is 0 Å². The number of rotatable bonds is 5. The van der Waals surface area contributed by atoms with E-state index in [1.165, 1.54) is 6.07 Å². The molecule has 38 heavy (non-hydrogen) atoms. The Bertz CT molecular complexity index is 1920. The molecule has 0 aromatic heterocycles. The van der Waals surface area contributed by atoms with Crippen LogP contribution in [0.1, 0.15) is 0 Å². The Labute approximate surface area is 219 Å². The molecule has 0 fully saturated rings. The summed E-state index contributed by atoms with van der Waals surface area (Å²) in [5, 5.41) is 4.86. The average Bonchev–Trinajstić information content (AvgIpc) is 2.92. The zero-order valence-corrected chi connectivity index (χ0v) is 20.9. The van der Waals surface area contributed by atoms with Crippen LogP contribution in [0.15, 0.2) is 131 Å². The Hall–Kier alpha value is -4.72. The molecule has 0 saturated heterocycles. The van der Waals surface area contributed by atoms with Gasteiger partial charge in [0.25, 0.3) is 0 Å². The molecule has 0 spiro atoms. The van der Waals surface area contributed by atoms with E-state index in [0.29, 0.717) is 33.4 Å². The summed E-state index contributed by atoms with van der Waals surface area (Å²) >= 11 is 0. The van der Waals surface area contributed by atoms with Gasteiger partial charge in [0.1, 0.15) is 21.5 Å². The van der Waals surface area contributed by atoms with Gasteiger partial charge < -0.3 is 14.3 Å². The first kappa shape index (κ1) is 23.7. The number of fused-ring (bicyclic) bond motifs is 2. The van der Waals surface area contributed by atoms with E-state index in [9.17, 15) is 13.0 Å². The Morgan fingerprint density at radius 3 is 2.16 bits per heavy atom. The molecule has 2 N–H and O–H groups in total. The Kier molecular flexibility index (Phi) is 5.99. The van der Waals surface area contributed by atoms with Gasteiger partial charge >= 0.3 is 0 Å². The predicted octanol–water partition coefficient (Wildman–Crippen LogP) is 5.17. The maximum Gasteiger partial charge on any atom is 0.207 e. The molecular formula is C31H22N2O4S. The van der Waals surface area contributed by atoms with E-state index in [1.54, 1.807) is 18.2 Å². The lowest BCUT2D eigenvalue weighted by Crippen LogP contribution is -2.70. The van der Waals surface area contributed by atoms with Crippen LogP contribution in [0.25, 0.3) is 33.4 Å². The van der Waals surface area contributed by atoms with Crippen LogP contribution < -0.4 is 15.7 Å². The first-order valence-electron chi connectivity index (χ1n) is 12.0. The minimum atomic E-state index is -4.72. The number of para-hydroxylation sites is 2. The topological polar surface area (TPSA) is 96.3 Å². The van der Waals surface area contributed by atoms with Crippen molar-refractivity contribution < 1.29 is 22.4 Å². The molecular weight excluding hydrogens is 496 g/mol. The van der Waals surface area contributed by atoms with Gasteiger partial charge in [0.2, 0.25) is 11.0 Å². The van der Waals surface area contributed by atoms with Crippen LogP contribution in [0.4, 0.5) is 17.1 Å². The van der Waals surface area contributed by atoms with Crippen molar-refractivity contribution in [1.29, 1.82) is 0 Å². The fraction of sp³-hybridized carbons (Fsp3) is 0. The highest BCUT2D eigenvalue weighted by molar-refractivity contribution is 7.85. The van der Waals surface area contributed by atoms with E-state index in [1.807, 2.05) is 97.1 Å². The molecule has 0 radical (unpaired) electrons. The lowest BCUT2D eigenvalue weighted by atomic mass is 9.93. The van der Waals surface area contributed by atoms with E-state index in [2.05, 4.69) is 10.3 Å². The van der Waals surface area contributed by atoms with E-state index in [-0.39, 0.29) is 4.90 Å². The largest absolute Gasteiger partial charge is 0.744 e. The van der Waals surface area contributed by atoms with Crippen molar-refractivity contribution in [3.8, 4) is 22.5 Å². The summed E-state index contributed by atoms with van der Waals surface area (Å²) in [5.74, 6) is 0.545. The molecule has 4 aromatic carbocycles.